The third-order valence-electron chi connectivity index (χ3n) is 8.58. The molecule has 0 bridgehead atoms. The molecule has 6 rings (SSSR count). The van der Waals surface area contributed by atoms with Crippen molar-refractivity contribution >= 4 is 61.4 Å². The second-order valence-corrected chi connectivity index (χ2v) is 20.0. The minimum absolute atomic E-state index is 0. The normalized spacial score (nSPS) is 10.8. The molecule has 0 aliphatic rings. The molecule has 6 aromatic rings. The molecule has 8 N–H and O–H groups in total. The minimum Gasteiger partial charge on any atom is -0.418 e. The Labute approximate surface area is 468 Å². The molecule has 0 unspecified atom stereocenters. The first-order chi connectivity index (χ1) is 36.1. The van der Waals surface area contributed by atoms with Crippen LogP contribution in [0, 0.1) is 55.7 Å². The predicted molar refractivity (Wildman–Crippen MR) is 285 cm³/mol. The van der Waals surface area contributed by atoms with Crippen LogP contribution in [0.25, 0.3) is 45.6 Å². The number of carbonyl (C=O) groups is 4. The van der Waals surface area contributed by atoms with E-state index in [-0.39, 0.29) is 40.7 Å². The summed E-state index contributed by atoms with van der Waals surface area (Å²) in [6.45, 7) is 26.4. The molecular weight excluding hydrogens is 1110 g/mol. The van der Waals surface area contributed by atoms with Crippen molar-refractivity contribution in [1.82, 2.24) is 50.8 Å². The van der Waals surface area contributed by atoms with Gasteiger partial charge in [-0.1, -0.05) is 95.2 Å². The number of aromatic nitrogens is 10. The van der Waals surface area contributed by atoms with Crippen molar-refractivity contribution in [3.8, 4) is 63.8 Å². The van der Waals surface area contributed by atoms with Crippen LogP contribution in [0.5, 0.6) is 0 Å². The summed E-state index contributed by atoms with van der Waals surface area (Å²) in [4.78, 5) is 57.8. The van der Waals surface area contributed by atoms with Crippen molar-refractivity contribution in [3.05, 3.63) is 60.7 Å². The maximum absolute atomic E-state index is 12.1. The number of hydrogen-bond donors (Lipinski definition) is 8. The van der Waals surface area contributed by atoms with E-state index in [0.29, 0.717) is 68.8 Å². The Hall–Kier alpha value is -8.42. The number of nitrogens with zero attached hydrogens (tertiary/aromatic N) is 9. The SMILES string of the molecule is CC#N.CC#N.CC#N.CC(C)(C)C(=O)Nc1cc(-c2cccc(-c3cc(NC(=O)C(C)(C)C)[nH]n3)n2)n[nH]1.CC(C)(C)C(=O)Nc1cc(-c2cccc(-c3cc(NC(=O)C(C)(C)C)[nH]n3)n2)n[nH]1.F[B-](F)(F)F.F[B-](F)(F)F.[Fe+2]. The zero-order chi connectivity index (χ0) is 61.3. The van der Waals surface area contributed by atoms with Crippen LogP contribution in [0.1, 0.15) is 104 Å². The Morgan fingerprint density at radius 2 is 0.550 bits per heavy atom. The van der Waals surface area contributed by atoms with Gasteiger partial charge in [0, 0.05) is 66.7 Å². The summed E-state index contributed by atoms with van der Waals surface area (Å²) in [5.74, 6) is 1.57. The molecule has 80 heavy (non-hydrogen) atoms. The van der Waals surface area contributed by atoms with Gasteiger partial charge in [-0.2, -0.15) is 36.2 Å². The number of halogens is 8. The molecule has 0 aromatic carbocycles. The van der Waals surface area contributed by atoms with Crippen LogP contribution in [0.4, 0.5) is 57.8 Å². The average Bonchev–Trinajstić information content (AvgIpc) is 4.15. The Morgan fingerprint density at radius 1 is 0.400 bits per heavy atom. The van der Waals surface area contributed by atoms with Gasteiger partial charge in [0.1, 0.15) is 46.0 Å². The van der Waals surface area contributed by atoms with E-state index in [4.69, 9.17) is 15.8 Å². The molecule has 0 saturated carbocycles. The van der Waals surface area contributed by atoms with E-state index in [0.717, 1.165) is 0 Å². The summed E-state index contributed by atoms with van der Waals surface area (Å²) in [7, 11) is -12.0. The van der Waals surface area contributed by atoms with Gasteiger partial charge in [-0.3, -0.25) is 39.6 Å². The van der Waals surface area contributed by atoms with Crippen molar-refractivity contribution in [2.45, 2.75) is 104 Å². The number of pyridine rings is 2. The van der Waals surface area contributed by atoms with Gasteiger partial charge in [0.25, 0.3) is 0 Å². The molecule has 0 aliphatic heterocycles. The zero-order valence-electron chi connectivity index (χ0n) is 46.5. The fraction of sp³-hybridized carbons (Fsp3) is 0.396. The topological polar surface area (TPSA) is 328 Å². The summed E-state index contributed by atoms with van der Waals surface area (Å²) in [5.41, 5.74) is 2.85. The van der Waals surface area contributed by atoms with Crippen molar-refractivity contribution in [1.29, 1.82) is 15.8 Å². The molecule has 0 spiro atoms. The van der Waals surface area contributed by atoms with Crippen molar-refractivity contribution < 1.29 is 70.8 Å². The van der Waals surface area contributed by atoms with Crippen molar-refractivity contribution in [2.24, 2.45) is 21.7 Å². The quantitative estimate of drug-likeness (QED) is 0.0520. The minimum atomic E-state index is -6.00. The molecule has 0 saturated heterocycles. The molecule has 4 amide bonds. The number of amides is 4. The predicted octanol–water partition coefficient (Wildman–Crippen LogP) is 11.8. The van der Waals surface area contributed by atoms with E-state index in [1.165, 1.54) is 20.8 Å². The van der Waals surface area contributed by atoms with Gasteiger partial charge >= 0.3 is 31.6 Å². The number of rotatable bonds is 8. The first kappa shape index (κ1) is 73.7. The molecule has 0 radical (unpaired) electrons. The van der Waals surface area contributed by atoms with Crippen LogP contribution in [-0.2, 0) is 36.2 Å². The number of aromatic amines is 4. The number of nitrogens with one attached hydrogen (secondary N) is 8. The maximum atomic E-state index is 12.1. The van der Waals surface area contributed by atoms with E-state index in [1.807, 2.05) is 119 Å². The van der Waals surface area contributed by atoms with Crippen LogP contribution in [0.15, 0.2) is 60.7 Å². The standard InChI is InChI=1S/2C21H27N7O2.3C2H3N.2BF4.Fe/c2*1-20(2,3)18(29)23-16-10-14(25-27-16)12-8-7-9-13(22-12)15-11-17(28-26-15)24-19(30)21(4,5)6;3*1-2-3;2*2-1(3,4)5;/h2*7-11H,1-6H3,(H2,23,25,27,29)(H2,24,26,28,30);3*1H3;;;/q;;;;;2*-1;+2. The van der Waals surface area contributed by atoms with Gasteiger partial charge in [-0.25, -0.2) is 9.97 Å². The zero-order valence-corrected chi connectivity index (χ0v) is 47.6. The first-order valence-electron chi connectivity index (χ1n) is 23.2. The van der Waals surface area contributed by atoms with E-state index < -0.39 is 36.2 Å². The molecular formula is C48H63B2F8FeN17O4. The smallest absolute Gasteiger partial charge is 0.418 e. The maximum Gasteiger partial charge on any atom is 2.00 e. The van der Waals surface area contributed by atoms with Crippen molar-refractivity contribution in [3.63, 3.8) is 0 Å². The summed E-state index contributed by atoms with van der Waals surface area (Å²) in [5, 5.41) is 61.4. The summed E-state index contributed by atoms with van der Waals surface area (Å²) in [6.07, 6.45) is 0. The third-order valence-corrected chi connectivity index (χ3v) is 8.58. The number of anilines is 4. The second kappa shape index (κ2) is 32.5. The number of hydrogen-bond acceptors (Lipinski definition) is 13. The fourth-order valence-electron chi connectivity index (χ4n) is 4.75. The summed E-state index contributed by atoms with van der Waals surface area (Å²) >= 11 is 0. The number of carbonyl (C=O) groups excluding carboxylic acids is 4. The fourth-order valence-corrected chi connectivity index (χ4v) is 4.75. The number of H-pyrrole nitrogens is 4. The van der Waals surface area contributed by atoms with Crippen LogP contribution in [0.3, 0.4) is 0 Å². The van der Waals surface area contributed by atoms with Crippen LogP contribution >= 0.6 is 0 Å². The van der Waals surface area contributed by atoms with E-state index in [9.17, 15) is 53.7 Å². The Balaban J connectivity index is 0. The number of nitriles is 3. The van der Waals surface area contributed by atoms with Gasteiger partial charge in [0.15, 0.2) is 0 Å². The van der Waals surface area contributed by atoms with Gasteiger partial charge in [-0.05, 0) is 24.3 Å². The third kappa shape index (κ3) is 30.5. The molecule has 434 valence electrons. The largest absolute Gasteiger partial charge is 2.00 e. The monoisotopic (exact) mass is 1170 g/mol. The molecule has 0 fully saturated rings. The average molecular weight is 1170 g/mol. The Morgan fingerprint density at radius 3 is 0.688 bits per heavy atom. The van der Waals surface area contributed by atoms with Crippen LogP contribution in [0.2, 0.25) is 0 Å². The van der Waals surface area contributed by atoms with E-state index in [2.05, 4.69) is 72.0 Å². The van der Waals surface area contributed by atoms with Crippen molar-refractivity contribution in [2.75, 3.05) is 21.3 Å². The molecule has 0 aliphatic carbocycles. The van der Waals surface area contributed by atoms with E-state index >= 15 is 0 Å². The molecule has 6 aromatic heterocycles. The van der Waals surface area contributed by atoms with Gasteiger partial charge in [-0.15, -0.1) is 0 Å². The Bertz CT molecular complexity index is 2650. The van der Waals surface area contributed by atoms with Crippen LogP contribution in [-0.4, -0.2) is 88.9 Å². The second-order valence-electron chi connectivity index (χ2n) is 20.0. The summed E-state index contributed by atoms with van der Waals surface area (Å²) < 4.78 is 78.0. The molecule has 6 heterocycles. The van der Waals surface area contributed by atoms with Gasteiger partial charge in [0.05, 0.1) is 41.0 Å². The van der Waals surface area contributed by atoms with Crippen LogP contribution < -0.4 is 21.3 Å². The van der Waals surface area contributed by atoms with E-state index in [1.54, 1.807) is 42.5 Å². The molecule has 0 atom stereocenters. The van der Waals surface area contributed by atoms with Gasteiger partial charge in [0.2, 0.25) is 23.6 Å². The first-order valence-corrected chi connectivity index (χ1v) is 23.2. The summed E-state index contributed by atoms with van der Waals surface area (Å²) in [6, 6.07) is 23.2. The molecule has 32 heteroatoms. The van der Waals surface area contributed by atoms with Gasteiger partial charge < -0.3 is 55.8 Å². The molecule has 21 nitrogen and oxygen atoms in total. The Kier molecular flexibility index (Phi) is 29.9.